The topological polar surface area (TPSA) is 32.7 Å². The first-order valence-corrected chi connectivity index (χ1v) is 6.83. The van der Waals surface area contributed by atoms with Crippen LogP contribution in [-0.4, -0.2) is 27.2 Å². The lowest BCUT2D eigenvalue weighted by Gasteiger charge is -2.06. The van der Waals surface area contributed by atoms with Gasteiger partial charge in [0.15, 0.2) is 4.32 Å². The van der Waals surface area contributed by atoms with Crippen LogP contribution in [0.25, 0.3) is 6.08 Å². The standard InChI is InChI=1S/C13H12N2OS2/c1-10(7-11-5-3-2-4-6-11)8-14-15-12(16)9-18-13(15)17/h2-8H,9H2,1H3/b10-7-,14-8-. The van der Waals surface area contributed by atoms with Crippen molar-refractivity contribution in [3.05, 3.63) is 41.5 Å². The summed E-state index contributed by atoms with van der Waals surface area (Å²) >= 11 is 6.38. The molecule has 0 bridgehead atoms. The van der Waals surface area contributed by atoms with Gasteiger partial charge in [0.25, 0.3) is 5.91 Å². The molecule has 0 spiro atoms. The van der Waals surface area contributed by atoms with Gasteiger partial charge in [-0.05, 0) is 18.1 Å². The molecule has 3 nitrogen and oxygen atoms in total. The van der Waals surface area contributed by atoms with Gasteiger partial charge in [0.05, 0.1) is 12.0 Å². The molecule has 1 aromatic carbocycles. The van der Waals surface area contributed by atoms with Gasteiger partial charge < -0.3 is 0 Å². The van der Waals surface area contributed by atoms with E-state index in [0.717, 1.165) is 11.1 Å². The van der Waals surface area contributed by atoms with Crippen LogP contribution in [0, 0.1) is 0 Å². The maximum absolute atomic E-state index is 11.4. The van der Waals surface area contributed by atoms with Crippen molar-refractivity contribution in [3.63, 3.8) is 0 Å². The molecule has 5 heteroatoms. The zero-order chi connectivity index (χ0) is 13.0. The van der Waals surface area contributed by atoms with Gasteiger partial charge in [0.1, 0.15) is 0 Å². The summed E-state index contributed by atoms with van der Waals surface area (Å²) in [5, 5.41) is 5.39. The summed E-state index contributed by atoms with van der Waals surface area (Å²) in [5.41, 5.74) is 2.07. The minimum Gasteiger partial charge on any atom is -0.272 e. The first-order chi connectivity index (χ1) is 8.66. The summed E-state index contributed by atoms with van der Waals surface area (Å²) in [6, 6.07) is 9.95. The van der Waals surface area contributed by atoms with Crippen molar-refractivity contribution in [3.8, 4) is 0 Å². The van der Waals surface area contributed by atoms with Crippen LogP contribution in [0.3, 0.4) is 0 Å². The average Bonchev–Trinajstić information content (AvgIpc) is 2.68. The fourth-order valence-corrected chi connectivity index (χ4v) is 2.42. The molecule has 0 unspecified atom stereocenters. The van der Waals surface area contributed by atoms with E-state index >= 15 is 0 Å². The maximum Gasteiger partial charge on any atom is 0.259 e. The quantitative estimate of drug-likeness (QED) is 0.628. The molecule has 0 aliphatic carbocycles. The zero-order valence-electron chi connectivity index (χ0n) is 9.87. The summed E-state index contributed by atoms with van der Waals surface area (Å²) in [5.74, 6) is 0.325. The van der Waals surface area contributed by atoms with Gasteiger partial charge in [0, 0.05) is 0 Å². The van der Waals surface area contributed by atoms with E-state index < -0.39 is 0 Å². The Morgan fingerprint density at radius 3 is 2.78 bits per heavy atom. The van der Waals surface area contributed by atoms with Crippen molar-refractivity contribution in [2.24, 2.45) is 5.10 Å². The second-order valence-electron chi connectivity index (χ2n) is 3.80. The van der Waals surface area contributed by atoms with Gasteiger partial charge in [-0.2, -0.15) is 10.1 Å². The van der Waals surface area contributed by atoms with Crippen LogP contribution >= 0.6 is 24.0 Å². The van der Waals surface area contributed by atoms with Crippen LogP contribution in [0.2, 0.25) is 0 Å². The highest BCUT2D eigenvalue weighted by molar-refractivity contribution is 8.23. The van der Waals surface area contributed by atoms with Crippen molar-refractivity contribution in [2.75, 3.05) is 5.75 Å². The molecule has 0 radical (unpaired) electrons. The van der Waals surface area contributed by atoms with Gasteiger partial charge in [-0.3, -0.25) is 4.79 Å². The van der Waals surface area contributed by atoms with Crippen molar-refractivity contribution in [1.82, 2.24) is 5.01 Å². The molecule has 1 fully saturated rings. The highest BCUT2D eigenvalue weighted by atomic mass is 32.2. The van der Waals surface area contributed by atoms with Crippen LogP contribution in [0.15, 0.2) is 41.0 Å². The smallest absolute Gasteiger partial charge is 0.259 e. The molecule has 1 heterocycles. The Labute approximate surface area is 116 Å². The third-order valence-corrected chi connectivity index (χ3v) is 3.64. The van der Waals surface area contributed by atoms with Crippen molar-refractivity contribution in [2.45, 2.75) is 6.92 Å². The van der Waals surface area contributed by atoms with Crippen LogP contribution < -0.4 is 0 Å². The lowest BCUT2D eigenvalue weighted by molar-refractivity contribution is -0.123. The predicted molar refractivity (Wildman–Crippen MR) is 80.5 cm³/mol. The Kier molecular flexibility index (Phi) is 4.28. The first kappa shape index (κ1) is 13.0. The van der Waals surface area contributed by atoms with E-state index in [2.05, 4.69) is 5.10 Å². The number of hydrazone groups is 1. The molecule has 2 rings (SSSR count). The van der Waals surface area contributed by atoms with Crippen LogP contribution in [-0.2, 0) is 4.79 Å². The summed E-state index contributed by atoms with van der Waals surface area (Å²) in [7, 11) is 0. The van der Waals surface area contributed by atoms with E-state index in [-0.39, 0.29) is 5.91 Å². The Balaban J connectivity index is 2.07. The molecule has 0 aromatic heterocycles. The number of hydrogen-bond donors (Lipinski definition) is 0. The first-order valence-electron chi connectivity index (χ1n) is 5.44. The molecular formula is C13H12N2OS2. The molecule has 1 aromatic rings. The Morgan fingerprint density at radius 1 is 1.44 bits per heavy atom. The van der Waals surface area contributed by atoms with Crippen LogP contribution in [0.5, 0.6) is 0 Å². The second-order valence-corrected chi connectivity index (χ2v) is 5.41. The minimum atomic E-state index is -0.0613. The van der Waals surface area contributed by atoms with Gasteiger partial charge >= 0.3 is 0 Å². The molecular weight excluding hydrogens is 264 g/mol. The van der Waals surface area contributed by atoms with E-state index in [1.165, 1.54) is 16.8 Å². The Bertz CT molecular complexity index is 507. The molecule has 1 amide bonds. The minimum absolute atomic E-state index is 0.0613. The number of rotatable bonds is 3. The average molecular weight is 276 g/mol. The number of nitrogens with zero attached hydrogens (tertiary/aromatic N) is 2. The van der Waals surface area contributed by atoms with Crippen molar-refractivity contribution < 1.29 is 4.79 Å². The summed E-state index contributed by atoms with van der Waals surface area (Å²) in [6.45, 7) is 1.94. The fraction of sp³-hybridized carbons (Fsp3) is 0.154. The number of thioether (sulfide) groups is 1. The number of allylic oxidation sites excluding steroid dienone is 1. The van der Waals surface area contributed by atoms with Crippen LogP contribution in [0.4, 0.5) is 0 Å². The third kappa shape index (κ3) is 3.27. The normalized spacial score (nSPS) is 16.9. The van der Waals surface area contributed by atoms with Gasteiger partial charge in [-0.1, -0.05) is 60.4 Å². The SMILES string of the molecule is CC(/C=N\N1C(=O)CSC1=S)=C/c1ccccc1. The maximum atomic E-state index is 11.4. The molecule has 18 heavy (non-hydrogen) atoms. The highest BCUT2D eigenvalue weighted by Gasteiger charge is 2.25. The van der Waals surface area contributed by atoms with Crippen LogP contribution in [0.1, 0.15) is 12.5 Å². The lowest BCUT2D eigenvalue weighted by Crippen LogP contribution is -2.22. The number of carbonyl (C=O) groups excluding carboxylic acids is 1. The second kappa shape index (κ2) is 5.93. The molecule has 0 N–H and O–H groups in total. The fourth-order valence-electron chi connectivity index (χ4n) is 1.46. The third-order valence-electron chi connectivity index (χ3n) is 2.30. The van der Waals surface area contributed by atoms with Gasteiger partial charge in [-0.15, -0.1) is 0 Å². The summed E-state index contributed by atoms with van der Waals surface area (Å²) < 4.78 is 0.517. The Hall–Kier alpha value is -1.46. The van der Waals surface area contributed by atoms with E-state index in [0.29, 0.717) is 10.1 Å². The Morgan fingerprint density at radius 2 is 2.17 bits per heavy atom. The highest BCUT2D eigenvalue weighted by Crippen LogP contribution is 2.19. The molecule has 0 saturated carbocycles. The van der Waals surface area contributed by atoms with Gasteiger partial charge in [-0.25, -0.2) is 0 Å². The van der Waals surface area contributed by atoms with E-state index in [4.69, 9.17) is 12.2 Å². The molecule has 1 saturated heterocycles. The van der Waals surface area contributed by atoms with E-state index in [1.54, 1.807) is 6.21 Å². The zero-order valence-corrected chi connectivity index (χ0v) is 11.5. The number of amides is 1. The molecule has 1 aliphatic rings. The summed E-state index contributed by atoms with van der Waals surface area (Å²) in [6.07, 6.45) is 3.66. The van der Waals surface area contributed by atoms with E-state index in [1.807, 2.05) is 43.3 Å². The lowest BCUT2D eigenvalue weighted by atomic mass is 10.1. The largest absolute Gasteiger partial charge is 0.272 e. The number of hydrogen-bond acceptors (Lipinski definition) is 4. The number of benzene rings is 1. The predicted octanol–water partition coefficient (Wildman–Crippen LogP) is 2.94. The van der Waals surface area contributed by atoms with Crippen molar-refractivity contribution >= 4 is 46.5 Å². The summed E-state index contributed by atoms with van der Waals surface area (Å²) in [4.78, 5) is 11.4. The molecule has 0 atom stereocenters. The van der Waals surface area contributed by atoms with Gasteiger partial charge in [0.2, 0.25) is 0 Å². The van der Waals surface area contributed by atoms with Crippen molar-refractivity contribution in [1.29, 1.82) is 0 Å². The number of thiocarbonyl (C=S) groups is 1. The molecule has 1 aliphatic heterocycles. The number of carbonyl (C=O) groups is 1. The monoisotopic (exact) mass is 276 g/mol. The molecule has 92 valence electrons. The van der Waals surface area contributed by atoms with E-state index in [9.17, 15) is 4.79 Å².